The number of carboxylic acids is 1. The van der Waals surface area contributed by atoms with E-state index in [1.54, 1.807) is 0 Å². The summed E-state index contributed by atoms with van der Waals surface area (Å²) in [5, 5.41) is 8.18. The van der Waals surface area contributed by atoms with Crippen molar-refractivity contribution in [3.63, 3.8) is 0 Å². The average molecular weight is 183 g/mol. The number of hydrogen-bond acceptors (Lipinski definition) is 5. The normalized spacial score (nSPS) is 14.4. The van der Waals surface area contributed by atoms with Crippen LogP contribution in [0.1, 0.15) is 0 Å². The molecule has 0 bridgehead atoms. The second-order valence-corrected chi connectivity index (χ2v) is 3.58. The molecule has 6 nitrogen and oxygen atoms in total. The lowest BCUT2D eigenvalue weighted by molar-refractivity contribution is -0.139. The minimum atomic E-state index is -3.60. The van der Waals surface area contributed by atoms with Crippen LogP contribution >= 0.6 is 0 Å². The third-order valence-electron chi connectivity index (χ3n) is 0.779. The van der Waals surface area contributed by atoms with Gasteiger partial charge < -0.3 is 10.8 Å². The average Bonchev–Trinajstić information content (AvgIpc) is 1.80. The topological polar surface area (TPSA) is 107 Å². The number of hydrogen-bond donors (Lipinski definition) is 2. The molecule has 3 N–H and O–H groups in total. The van der Waals surface area contributed by atoms with Crippen LogP contribution in [0.5, 0.6) is 0 Å². The molecule has 0 radical (unpaired) electrons. The van der Waals surface area contributed by atoms with Crippen LogP contribution in [-0.2, 0) is 19.1 Å². The van der Waals surface area contributed by atoms with Gasteiger partial charge in [0.25, 0.3) is 10.1 Å². The fraction of sp³-hybridized carbons (Fsp3) is 0.750. The van der Waals surface area contributed by atoms with E-state index in [-0.39, 0.29) is 0 Å². The largest absolute Gasteiger partial charge is 0.480 e. The summed E-state index contributed by atoms with van der Waals surface area (Å²) in [5.41, 5.74) is 4.93. The molecule has 0 saturated carbocycles. The fourth-order valence-corrected chi connectivity index (χ4v) is 0.662. The summed E-state index contributed by atoms with van der Waals surface area (Å²) in [6.45, 7) is -0.534. The highest BCUT2D eigenvalue weighted by Crippen LogP contribution is 1.88. The predicted molar refractivity (Wildman–Crippen MR) is 36.4 cm³/mol. The van der Waals surface area contributed by atoms with Crippen molar-refractivity contribution >= 4 is 16.1 Å². The van der Waals surface area contributed by atoms with Crippen LogP contribution in [0.25, 0.3) is 0 Å². The molecule has 1 atom stereocenters. The van der Waals surface area contributed by atoms with E-state index < -0.39 is 28.7 Å². The summed E-state index contributed by atoms with van der Waals surface area (Å²) in [6, 6.07) is -1.30. The summed E-state index contributed by atoms with van der Waals surface area (Å²) < 4.78 is 24.7. The van der Waals surface area contributed by atoms with Crippen molar-refractivity contribution in [3.8, 4) is 0 Å². The van der Waals surface area contributed by atoms with Gasteiger partial charge in [-0.15, -0.1) is 0 Å². The Morgan fingerprint density at radius 3 is 2.45 bits per heavy atom. The van der Waals surface area contributed by atoms with Gasteiger partial charge in [-0.3, -0.25) is 8.98 Å². The highest BCUT2D eigenvalue weighted by molar-refractivity contribution is 7.85. The molecule has 0 spiro atoms. The van der Waals surface area contributed by atoms with Crippen LogP contribution in [0.15, 0.2) is 0 Å². The first-order valence-corrected chi connectivity index (χ1v) is 4.47. The van der Waals surface area contributed by atoms with Crippen molar-refractivity contribution in [2.45, 2.75) is 6.04 Å². The lowest BCUT2D eigenvalue weighted by Crippen LogP contribution is -2.35. The van der Waals surface area contributed by atoms with Crippen LogP contribution in [0.2, 0.25) is 0 Å². The smallest absolute Gasteiger partial charge is 0.322 e. The Bertz CT molecular complexity index is 233. The van der Waals surface area contributed by atoms with Gasteiger partial charge >= 0.3 is 5.97 Å². The zero-order chi connectivity index (χ0) is 9.07. The third kappa shape index (κ3) is 5.77. The molecule has 0 aliphatic carbocycles. The first-order valence-electron chi connectivity index (χ1n) is 2.65. The molecule has 0 unspecified atom stereocenters. The molecule has 0 saturated heterocycles. The maximum Gasteiger partial charge on any atom is 0.322 e. The first kappa shape index (κ1) is 10.3. The van der Waals surface area contributed by atoms with E-state index in [4.69, 9.17) is 10.8 Å². The number of carbonyl (C=O) groups is 1. The van der Waals surface area contributed by atoms with Gasteiger partial charge in [-0.2, -0.15) is 8.42 Å². The van der Waals surface area contributed by atoms with Crippen molar-refractivity contribution in [1.82, 2.24) is 0 Å². The third-order valence-corrected chi connectivity index (χ3v) is 1.34. The Morgan fingerprint density at radius 2 is 2.18 bits per heavy atom. The van der Waals surface area contributed by atoms with Crippen LogP contribution in [0.4, 0.5) is 0 Å². The van der Waals surface area contributed by atoms with Crippen molar-refractivity contribution in [2.75, 3.05) is 12.9 Å². The highest BCUT2D eigenvalue weighted by atomic mass is 32.2. The maximum atomic E-state index is 10.3. The summed E-state index contributed by atoms with van der Waals surface area (Å²) in [6.07, 6.45) is 0.821. The quantitative estimate of drug-likeness (QED) is 0.507. The Kier molecular flexibility index (Phi) is 3.43. The molecular weight excluding hydrogens is 174 g/mol. The molecule has 11 heavy (non-hydrogen) atoms. The van der Waals surface area contributed by atoms with Gasteiger partial charge in [0.15, 0.2) is 0 Å². The Hall–Kier alpha value is -0.660. The highest BCUT2D eigenvalue weighted by Gasteiger charge is 2.14. The van der Waals surface area contributed by atoms with Gasteiger partial charge in [0.2, 0.25) is 0 Å². The van der Waals surface area contributed by atoms with E-state index in [2.05, 4.69) is 4.18 Å². The van der Waals surface area contributed by atoms with E-state index in [1.165, 1.54) is 0 Å². The molecule has 0 aliphatic heterocycles. The van der Waals surface area contributed by atoms with E-state index in [0.29, 0.717) is 0 Å². The van der Waals surface area contributed by atoms with Crippen LogP contribution in [0.3, 0.4) is 0 Å². The standard InChI is InChI=1S/C4H9NO5S/c1-11(8,9)10-2-3(5)4(6)7/h3H,2,5H2,1H3,(H,6,7)/t3-/m0/s1. The van der Waals surface area contributed by atoms with Crippen LogP contribution in [-0.4, -0.2) is 38.4 Å². The van der Waals surface area contributed by atoms with Crippen molar-refractivity contribution in [2.24, 2.45) is 5.73 Å². The van der Waals surface area contributed by atoms with Crippen LogP contribution in [0, 0.1) is 0 Å². The molecule has 66 valence electrons. The van der Waals surface area contributed by atoms with Crippen LogP contribution < -0.4 is 5.73 Å². The predicted octanol–water partition coefficient (Wildman–Crippen LogP) is -1.63. The minimum Gasteiger partial charge on any atom is -0.480 e. The molecule has 0 fully saturated rings. The van der Waals surface area contributed by atoms with Gasteiger partial charge in [-0.1, -0.05) is 0 Å². The Labute approximate surface area is 64.1 Å². The van der Waals surface area contributed by atoms with Gasteiger partial charge in [0.1, 0.15) is 6.04 Å². The Morgan fingerprint density at radius 1 is 1.73 bits per heavy atom. The summed E-state index contributed by atoms with van der Waals surface area (Å²) in [4.78, 5) is 10.0. The summed E-state index contributed by atoms with van der Waals surface area (Å²) in [7, 11) is -3.60. The van der Waals surface area contributed by atoms with E-state index in [9.17, 15) is 13.2 Å². The molecule has 0 aromatic heterocycles. The molecule has 0 aliphatic rings. The lowest BCUT2D eigenvalue weighted by atomic mass is 10.3. The van der Waals surface area contributed by atoms with Gasteiger partial charge in [-0.25, -0.2) is 0 Å². The molecule has 0 aromatic rings. The molecule has 0 heterocycles. The number of carboxylic acid groups (broad SMARTS) is 1. The molecule has 0 amide bonds. The summed E-state index contributed by atoms with van der Waals surface area (Å²) in [5.74, 6) is -1.30. The second kappa shape index (κ2) is 3.65. The zero-order valence-electron chi connectivity index (χ0n) is 5.85. The van der Waals surface area contributed by atoms with Crippen molar-refractivity contribution in [1.29, 1.82) is 0 Å². The monoisotopic (exact) mass is 183 g/mol. The van der Waals surface area contributed by atoms with Crippen molar-refractivity contribution in [3.05, 3.63) is 0 Å². The van der Waals surface area contributed by atoms with E-state index >= 15 is 0 Å². The van der Waals surface area contributed by atoms with Crippen molar-refractivity contribution < 1.29 is 22.5 Å². The Balaban J connectivity index is 3.82. The zero-order valence-corrected chi connectivity index (χ0v) is 6.67. The van der Waals surface area contributed by atoms with Gasteiger partial charge in [-0.05, 0) is 0 Å². The number of aliphatic carboxylic acids is 1. The van der Waals surface area contributed by atoms with E-state index in [0.717, 1.165) is 6.26 Å². The lowest BCUT2D eigenvalue weighted by Gasteiger charge is -2.04. The van der Waals surface area contributed by atoms with Gasteiger partial charge in [0.05, 0.1) is 12.9 Å². The number of rotatable bonds is 4. The molecule has 0 aromatic carbocycles. The van der Waals surface area contributed by atoms with Gasteiger partial charge in [0, 0.05) is 0 Å². The fourth-order valence-electron chi connectivity index (χ4n) is 0.268. The summed E-state index contributed by atoms with van der Waals surface area (Å²) >= 11 is 0. The molecular formula is C4H9NO5S. The number of nitrogens with two attached hydrogens (primary N) is 1. The van der Waals surface area contributed by atoms with E-state index in [1.807, 2.05) is 0 Å². The second-order valence-electron chi connectivity index (χ2n) is 1.93. The molecule has 0 rings (SSSR count). The minimum absolute atomic E-state index is 0.534. The maximum absolute atomic E-state index is 10.3. The SMILES string of the molecule is CS(=O)(=O)OC[C@H](N)C(=O)O. The first-order chi connectivity index (χ1) is 4.83. The molecule has 7 heteroatoms.